The van der Waals surface area contributed by atoms with Gasteiger partial charge in [0.1, 0.15) is 5.54 Å². The Morgan fingerprint density at radius 2 is 1.90 bits per heavy atom. The van der Waals surface area contributed by atoms with Gasteiger partial charge in [-0.3, -0.25) is 4.79 Å². The van der Waals surface area contributed by atoms with E-state index in [1.807, 2.05) is 14.0 Å². The van der Waals surface area contributed by atoms with Crippen LogP contribution in [0, 0.1) is 0 Å². The summed E-state index contributed by atoms with van der Waals surface area (Å²) in [7, 11) is 1.90. The van der Waals surface area contributed by atoms with E-state index in [0.29, 0.717) is 12.6 Å². The van der Waals surface area contributed by atoms with E-state index in [1.165, 1.54) is 45.2 Å². The molecule has 1 heterocycles. The van der Waals surface area contributed by atoms with Gasteiger partial charge in [0.25, 0.3) is 0 Å². The van der Waals surface area contributed by atoms with Crippen LogP contribution in [0.5, 0.6) is 0 Å². The van der Waals surface area contributed by atoms with Gasteiger partial charge in [0.15, 0.2) is 0 Å². The van der Waals surface area contributed by atoms with Crippen LogP contribution in [0.15, 0.2) is 0 Å². The minimum absolute atomic E-state index is 0.0583. The Balaban J connectivity index is 1.96. The third kappa shape index (κ3) is 3.53. The molecule has 0 bridgehead atoms. The highest BCUT2D eigenvalue weighted by Crippen LogP contribution is 2.34. The molecule has 2 aliphatic rings. The van der Waals surface area contributed by atoms with Crippen molar-refractivity contribution >= 4 is 5.97 Å². The molecular formula is C16H30N2O2. The van der Waals surface area contributed by atoms with E-state index >= 15 is 0 Å². The number of likely N-dealkylation sites (tertiary alicyclic amines) is 1. The van der Waals surface area contributed by atoms with Gasteiger partial charge in [-0.25, -0.2) is 0 Å². The Labute approximate surface area is 123 Å². The number of nitrogens with one attached hydrogen (secondary N) is 1. The molecule has 116 valence electrons. The lowest BCUT2D eigenvalue weighted by Crippen LogP contribution is -2.50. The maximum Gasteiger partial charge on any atom is 0.326 e. The van der Waals surface area contributed by atoms with Gasteiger partial charge in [-0.15, -0.1) is 0 Å². The van der Waals surface area contributed by atoms with Crippen LogP contribution in [-0.2, 0) is 9.53 Å². The Kier molecular flexibility index (Phi) is 5.85. The number of nitrogens with zero attached hydrogens (tertiary/aromatic N) is 1. The van der Waals surface area contributed by atoms with Crippen LogP contribution in [0.4, 0.5) is 0 Å². The molecule has 2 unspecified atom stereocenters. The van der Waals surface area contributed by atoms with Crippen molar-refractivity contribution in [2.45, 2.75) is 69.9 Å². The lowest BCUT2D eigenvalue weighted by molar-refractivity contribution is -0.151. The quantitative estimate of drug-likeness (QED) is 0.804. The van der Waals surface area contributed by atoms with E-state index in [1.54, 1.807) is 0 Å². The highest BCUT2D eigenvalue weighted by atomic mass is 16.5. The zero-order valence-electron chi connectivity index (χ0n) is 13.1. The lowest BCUT2D eigenvalue weighted by atomic mass is 9.97. The number of carbonyl (C=O) groups excluding carboxylic acids is 1. The van der Waals surface area contributed by atoms with Crippen molar-refractivity contribution in [2.24, 2.45) is 0 Å². The van der Waals surface area contributed by atoms with Crippen molar-refractivity contribution in [3.63, 3.8) is 0 Å². The minimum atomic E-state index is -0.441. The third-order valence-electron chi connectivity index (χ3n) is 5.04. The molecule has 2 rings (SSSR count). The van der Waals surface area contributed by atoms with Crippen molar-refractivity contribution in [1.82, 2.24) is 10.2 Å². The second-order valence-electron chi connectivity index (χ2n) is 6.25. The van der Waals surface area contributed by atoms with E-state index in [-0.39, 0.29) is 5.97 Å². The Bertz CT molecular complexity index is 314. The molecule has 4 nitrogen and oxygen atoms in total. The summed E-state index contributed by atoms with van der Waals surface area (Å²) in [5.74, 6) is -0.0583. The SMILES string of the molecule is CCOC(=O)C1(NC)CCC(N2CCCCCCC2)C1. The second kappa shape index (κ2) is 7.41. The summed E-state index contributed by atoms with van der Waals surface area (Å²) in [5, 5.41) is 3.26. The van der Waals surface area contributed by atoms with E-state index in [0.717, 1.165) is 19.3 Å². The predicted molar refractivity (Wildman–Crippen MR) is 80.7 cm³/mol. The molecule has 2 fully saturated rings. The van der Waals surface area contributed by atoms with E-state index in [2.05, 4.69) is 10.2 Å². The summed E-state index contributed by atoms with van der Waals surface area (Å²) in [4.78, 5) is 14.9. The van der Waals surface area contributed by atoms with Crippen molar-refractivity contribution in [3.05, 3.63) is 0 Å². The minimum Gasteiger partial charge on any atom is -0.465 e. The average molecular weight is 282 g/mol. The molecule has 0 spiro atoms. The van der Waals surface area contributed by atoms with Gasteiger partial charge < -0.3 is 15.0 Å². The van der Waals surface area contributed by atoms with Crippen molar-refractivity contribution in [3.8, 4) is 0 Å². The first-order valence-corrected chi connectivity index (χ1v) is 8.32. The number of carbonyl (C=O) groups is 1. The average Bonchev–Trinajstić information content (AvgIpc) is 2.84. The summed E-state index contributed by atoms with van der Waals surface area (Å²) < 4.78 is 5.28. The molecule has 1 saturated carbocycles. The zero-order valence-corrected chi connectivity index (χ0v) is 13.1. The predicted octanol–water partition coefficient (Wildman–Crippen LogP) is 2.33. The maximum atomic E-state index is 12.2. The van der Waals surface area contributed by atoms with Crippen molar-refractivity contribution in [2.75, 3.05) is 26.7 Å². The number of ether oxygens (including phenoxy) is 1. The van der Waals surface area contributed by atoms with Crippen LogP contribution in [0.1, 0.15) is 58.3 Å². The lowest BCUT2D eigenvalue weighted by Gasteiger charge is -2.32. The molecule has 0 aromatic heterocycles. The molecule has 1 aliphatic heterocycles. The first-order valence-electron chi connectivity index (χ1n) is 8.32. The summed E-state index contributed by atoms with van der Waals surface area (Å²) in [6.45, 7) is 4.75. The van der Waals surface area contributed by atoms with Gasteiger partial charge in [-0.05, 0) is 59.2 Å². The Hall–Kier alpha value is -0.610. The van der Waals surface area contributed by atoms with Crippen LogP contribution in [0.25, 0.3) is 0 Å². The molecule has 4 heteroatoms. The van der Waals surface area contributed by atoms with E-state index in [9.17, 15) is 4.79 Å². The summed E-state index contributed by atoms with van der Waals surface area (Å²) in [5.41, 5.74) is -0.441. The molecule has 0 aromatic carbocycles. The Morgan fingerprint density at radius 3 is 2.50 bits per heavy atom. The highest BCUT2D eigenvalue weighted by molar-refractivity contribution is 5.81. The Morgan fingerprint density at radius 1 is 1.25 bits per heavy atom. The normalized spacial score (nSPS) is 32.6. The van der Waals surface area contributed by atoms with Gasteiger partial charge in [0.05, 0.1) is 6.61 Å². The zero-order chi connectivity index (χ0) is 14.4. The van der Waals surface area contributed by atoms with E-state index < -0.39 is 5.54 Å². The number of hydrogen-bond donors (Lipinski definition) is 1. The molecule has 1 aliphatic carbocycles. The molecule has 20 heavy (non-hydrogen) atoms. The second-order valence-corrected chi connectivity index (χ2v) is 6.25. The van der Waals surface area contributed by atoms with Crippen LogP contribution >= 0.6 is 0 Å². The number of esters is 1. The monoisotopic (exact) mass is 282 g/mol. The van der Waals surface area contributed by atoms with Crippen LogP contribution in [0.2, 0.25) is 0 Å². The summed E-state index contributed by atoms with van der Waals surface area (Å²) in [6.07, 6.45) is 9.65. The van der Waals surface area contributed by atoms with Crippen molar-refractivity contribution in [1.29, 1.82) is 0 Å². The topological polar surface area (TPSA) is 41.6 Å². The van der Waals surface area contributed by atoms with Gasteiger partial charge in [-0.2, -0.15) is 0 Å². The standard InChI is InChI=1S/C16H30N2O2/c1-3-20-15(19)16(17-2)10-9-14(13-16)18-11-7-5-4-6-8-12-18/h14,17H,3-13H2,1-2H3. The molecule has 1 saturated heterocycles. The smallest absolute Gasteiger partial charge is 0.326 e. The van der Waals surface area contributed by atoms with Crippen molar-refractivity contribution < 1.29 is 9.53 Å². The molecule has 1 N–H and O–H groups in total. The number of likely N-dealkylation sites (N-methyl/N-ethyl adjacent to an activating group) is 1. The van der Waals surface area contributed by atoms with Gasteiger partial charge in [-0.1, -0.05) is 19.3 Å². The third-order valence-corrected chi connectivity index (χ3v) is 5.04. The van der Waals surface area contributed by atoms with Gasteiger partial charge >= 0.3 is 5.97 Å². The molecule has 0 amide bonds. The summed E-state index contributed by atoms with van der Waals surface area (Å²) >= 11 is 0. The molecule has 0 aromatic rings. The summed E-state index contributed by atoms with van der Waals surface area (Å²) in [6, 6.07) is 0.546. The molecule has 2 atom stereocenters. The fourth-order valence-corrected chi connectivity index (χ4v) is 3.75. The van der Waals surface area contributed by atoms with Crippen LogP contribution < -0.4 is 5.32 Å². The highest BCUT2D eigenvalue weighted by Gasteiger charge is 2.46. The number of rotatable bonds is 4. The van der Waals surface area contributed by atoms with E-state index in [4.69, 9.17) is 4.74 Å². The van der Waals surface area contributed by atoms with Gasteiger partial charge in [0.2, 0.25) is 0 Å². The first kappa shape index (κ1) is 15.8. The molecular weight excluding hydrogens is 252 g/mol. The van der Waals surface area contributed by atoms with Crippen LogP contribution in [0.3, 0.4) is 0 Å². The fraction of sp³-hybridized carbons (Fsp3) is 0.938. The van der Waals surface area contributed by atoms with Crippen LogP contribution in [-0.4, -0.2) is 49.2 Å². The largest absolute Gasteiger partial charge is 0.465 e. The number of hydrogen-bond acceptors (Lipinski definition) is 4. The molecule has 0 radical (unpaired) electrons. The van der Waals surface area contributed by atoms with Gasteiger partial charge in [0, 0.05) is 6.04 Å². The fourth-order valence-electron chi connectivity index (χ4n) is 3.75. The maximum absolute atomic E-state index is 12.2. The first-order chi connectivity index (χ1) is 9.72.